The molecule has 1 aliphatic carbocycles. The van der Waals surface area contributed by atoms with E-state index in [4.69, 9.17) is 4.74 Å². The van der Waals surface area contributed by atoms with Gasteiger partial charge in [-0.1, -0.05) is 6.92 Å². The van der Waals surface area contributed by atoms with E-state index in [1.807, 2.05) is 11.8 Å². The zero-order chi connectivity index (χ0) is 11.8. The lowest BCUT2D eigenvalue weighted by atomic mass is 10.3. The van der Waals surface area contributed by atoms with Crippen molar-refractivity contribution in [1.82, 2.24) is 5.32 Å². The van der Waals surface area contributed by atoms with Crippen LogP contribution >= 0.6 is 11.8 Å². The van der Waals surface area contributed by atoms with Crippen molar-refractivity contribution in [3.63, 3.8) is 0 Å². The van der Waals surface area contributed by atoms with Crippen LogP contribution in [0.3, 0.4) is 0 Å². The summed E-state index contributed by atoms with van der Waals surface area (Å²) >= 11 is 1.92. The van der Waals surface area contributed by atoms with Gasteiger partial charge in [-0.05, 0) is 31.4 Å². The van der Waals surface area contributed by atoms with E-state index >= 15 is 0 Å². The Bertz CT molecular complexity index is 176. The SMILES string of the molecule is CCSCC(C)NCC(O)COCC1CC1. The fourth-order valence-electron chi connectivity index (χ4n) is 1.40. The Hall–Kier alpha value is 0.230. The van der Waals surface area contributed by atoms with Crippen molar-refractivity contribution in [2.24, 2.45) is 5.92 Å². The Morgan fingerprint density at radius 2 is 2.25 bits per heavy atom. The number of hydrogen-bond donors (Lipinski definition) is 2. The molecule has 3 nitrogen and oxygen atoms in total. The molecule has 1 fully saturated rings. The third kappa shape index (κ3) is 7.49. The predicted molar refractivity (Wildman–Crippen MR) is 70.0 cm³/mol. The number of hydrogen-bond acceptors (Lipinski definition) is 4. The van der Waals surface area contributed by atoms with Crippen molar-refractivity contribution in [3.8, 4) is 0 Å². The second-order valence-corrected chi connectivity index (χ2v) is 5.92. The summed E-state index contributed by atoms with van der Waals surface area (Å²) in [5, 5.41) is 13.0. The van der Waals surface area contributed by atoms with Gasteiger partial charge >= 0.3 is 0 Å². The van der Waals surface area contributed by atoms with Gasteiger partial charge in [-0.15, -0.1) is 0 Å². The average molecular weight is 247 g/mol. The molecule has 2 N–H and O–H groups in total. The van der Waals surface area contributed by atoms with E-state index in [0.29, 0.717) is 19.2 Å². The van der Waals surface area contributed by atoms with Crippen molar-refractivity contribution in [3.05, 3.63) is 0 Å². The van der Waals surface area contributed by atoms with Gasteiger partial charge in [0.05, 0.1) is 12.7 Å². The summed E-state index contributed by atoms with van der Waals surface area (Å²) in [7, 11) is 0. The first kappa shape index (κ1) is 14.3. The quantitative estimate of drug-likeness (QED) is 0.614. The molecule has 1 rings (SSSR count). The maximum absolute atomic E-state index is 9.66. The number of thioether (sulfide) groups is 1. The average Bonchev–Trinajstić information content (AvgIpc) is 3.07. The number of aliphatic hydroxyl groups excluding tert-OH is 1. The Kier molecular flexibility index (Phi) is 7.45. The van der Waals surface area contributed by atoms with Gasteiger partial charge < -0.3 is 15.2 Å². The summed E-state index contributed by atoms with van der Waals surface area (Å²) in [6.07, 6.45) is 2.24. The van der Waals surface area contributed by atoms with Gasteiger partial charge in [0.15, 0.2) is 0 Å². The lowest BCUT2D eigenvalue weighted by Crippen LogP contribution is -2.37. The van der Waals surface area contributed by atoms with Crippen LogP contribution in [-0.4, -0.2) is 48.5 Å². The van der Waals surface area contributed by atoms with E-state index in [1.54, 1.807) is 0 Å². The first-order valence-corrected chi connectivity index (χ1v) is 7.44. The molecule has 0 bridgehead atoms. The highest BCUT2D eigenvalue weighted by Crippen LogP contribution is 2.28. The van der Waals surface area contributed by atoms with Crippen molar-refractivity contribution >= 4 is 11.8 Å². The molecule has 0 aromatic heterocycles. The molecular formula is C12H25NO2S. The molecule has 4 heteroatoms. The van der Waals surface area contributed by atoms with Gasteiger partial charge in [0.2, 0.25) is 0 Å². The minimum atomic E-state index is -0.368. The van der Waals surface area contributed by atoms with E-state index in [2.05, 4.69) is 19.2 Å². The van der Waals surface area contributed by atoms with Crippen molar-refractivity contribution in [2.45, 2.75) is 38.8 Å². The second-order valence-electron chi connectivity index (χ2n) is 4.60. The minimum Gasteiger partial charge on any atom is -0.389 e. The van der Waals surface area contributed by atoms with Crippen molar-refractivity contribution in [1.29, 1.82) is 0 Å². The molecule has 0 aromatic carbocycles. The molecule has 0 aromatic rings. The van der Waals surface area contributed by atoms with Gasteiger partial charge in [-0.25, -0.2) is 0 Å². The van der Waals surface area contributed by atoms with Gasteiger partial charge in [-0.2, -0.15) is 11.8 Å². The summed E-state index contributed by atoms with van der Waals surface area (Å²) in [5.74, 6) is 3.03. The van der Waals surface area contributed by atoms with E-state index in [-0.39, 0.29) is 6.10 Å². The summed E-state index contributed by atoms with van der Waals surface area (Å²) < 4.78 is 5.44. The van der Waals surface area contributed by atoms with Crippen LogP contribution in [-0.2, 0) is 4.74 Å². The highest BCUT2D eigenvalue weighted by Gasteiger charge is 2.21. The van der Waals surface area contributed by atoms with Crippen LogP contribution in [0.4, 0.5) is 0 Å². The fourth-order valence-corrected chi connectivity index (χ4v) is 2.11. The van der Waals surface area contributed by atoms with E-state index in [0.717, 1.165) is 24.0 Å². The van der Waals surface area contributed by atoms with E-state index < -0.39 is 0 Å². The maximum Gasteiger partial charge on any atom is 0.0897 e. The van der Waals surface area contributed by atoms with Crippen LogP contribution in [0, 0.1) is 5.92 Å². The Labute approximate surface area is 103 Å². The zero-order valence-corrected chi connectivity index (χ0v) is 11.3. The monoisotopic (exact) mass is 247 g/mol. The van der Waals surface area contributed by atoms with Crippen LogP contribution in [0.1, 0.15) is 26.7 Å². The minimum absolute atomic E-state index is 0.368. The topological polar surface area (TPSA) is 41.5 Å². The molecule has 1 saturated carbocycles. The van der Waals surface area contributed by atoms with Crippen LogP contribution in [0.5, 0.6) is 0 Å². The fraction of sp³-hybridized carbons (Fsp3) is 1.00. The molecule has 0 heterocycles. The lowest BCUT2D eigenvalue weighted by molar-refractivity contribution is 0.0318. The largest absolute Gasteiger partial charge is 0.389 e. The number of rotatable bonds is 10. The molecule has 2 unspecified atom stereocenters. The smallest absolute Gasteiger partial charge is 0.0897 e. The molecule has 2 atom stereocenters. The number of nitrogens with one attached hydrogen (secondary N) is 1. The van der Waals surface area contributed by atoms with Gasteiger partial charge in [-0.3, -0.25) is 0 Å². The summed E-state index contributed by atoms with van der Waals surface area (Å²) in [6.45, 7) is 6.25. The van der Waals surface area contributed by atoms with Crippen LogP contribution < -0.4 is 5.32 Å². The molecule has 96 valence electrons. The van der Waals surface area contributed by atoms with Gasteiger partial charge in [0.1, 0.15) is 0 Å². The zero-order valence-electron chi connectivity index (χ0n) is 10.4. The summed E-state index contributed by atoms with van der Waals surface area (Å²) in [5.41, 5.74) is 0. The summed E-state index contributed by atoms with van der Waals surface area (Å²) in [4.78, 5) is 0. The normalized spacial score (nSPS) is 19.7. The Balaban J connectivity index is 1.89. The molecule has 0 spiro atoms. The van der Waals surface area contributed by atoms with Crippen LogP contribution in [0.25, 0.3) is 0 Å². The molecule has 0 aliphatic heterocycles. The second kappa shape index (κ2) is 8.34. The Morgan fingerprint density at radius 3 is 2.88 bits per heavy atom. The van der Waals surface area contributed by atoms with E-state index in [1.165, 1.54) is 12.8 Å². The summed E-state index contributed by atoms with van der Waals surface area (Å²) in [6, 6.07) is 0.461. The highest BCUT2D eigenvalue weighted by atomic mass is 32.2. The molecule has 0 saturated heterocycles. The standard InChI is InChI=1S/C12H25NO2S/c1-3-16-9-10(2)13-6-12(14)8-15-7-11-4-5-11/h10-14H,3-9H2,1-2H3. The lowest BCUT2D eigenvalue weighted by Gasteiger charge is -2.16. The van der Waals surface area contributed by atoms with Crippen molar-refractivity contribution < 1.29 is 9.84 Å². The molecule has 0 amide bonds. The first-order chi connectivity index (χ1) is 7.72. The molecule has 16 heavy (non-hydrogen) atoms. The highest BCUT2D eigenvalue weighted by molar-refractivity contribution is 7.99. The van der Waals surface area contributed by atoms with Gasteiger partial charge in [0.25, 0.3) is 0 Å². The Morgan fingerprint density at radius 1 is 1.50 bits per heavy atom. The third-order valence-corrected chi connectivity index (χ3v) is 3.78. The predicted octanol–water partition coefficient (Wildman–Crippen LogP) is 1.51. The molecular weight excluding hydrogens is 222 g/mol. The van der Waals surface area contributed by atoms with E-state index in [9.17, 15) is 5.11 Å². The third-order valence-electron chi connectivity index (χ3n) is 2.63. The first-order valence-electron chi connectivity index (χ1n) is 6.29. The van der Waals surface area contributed by atoms with Crippen molar-refractivity contribution in [2.75, 3.05) is 31.3 Å². The number of aliphatic hydroxyl groups is 1. The van der Waals surface area contributed by atoms with Gasteiger partial charge in [0, 0.05) is 24.9 Å². The van der Waals surface area contributed by atoms with Crippen LogP contribution in [0.15, 0.2) is 0 Å². The van der Waals surface area contributed by atoms with Crippen LogP contribution in [0.2, 0.25) is 0 Å². The molecule has 1 aliphatic rings. The number of ether oxygens (including phenoxy) is 1. The maximum atomic E-state index is 9.66. The molecule has 0 radical (unpaired) electrons.